The van der Waals surface area contributed by atoms with Crippen LogP contribution in [-0.2, 0) is 27.4 Å². The Kier molecular flexibility index (Phi) is 16.7. The second kappa shape index (κ2) is 22.8. The van der Waals surface area contributed by atoms with Crippen molar-refractivity contribution in [3.8, 4) is 28.7 Å². The number of aromatic nitrogens is 1. The van der Waals surface area contributed by atoms with Crippen molar-refractivity contribution in [2.24, 2.45) is 15.4 Å². The van der Waals surface area contributed by atoms with E-state index in [-0.39, 0.29) is 42.5 Å². The Morgan fingerprint density at radius 3 is 1.61 bits per heavy atom. The number of aliphatic imine (C=N–C) groups is 2. The van der Waals surface area contributed by atoms with E-state index in [1.807, 2.05) is 48.2 Å². The normalized spacial score (nSPS) is 18.8. The van der Waals surface area contributed by atoms with Gasteiger partial charge < -0.3 is 47.7 Å². The van der Waals surface area contributed by atoms with Crippen molar-refractivity contribution in [2.45, 2.75) is 72.8 Å². The number of pyridine rings is 1. The van der Waals surface area contributed by atoms with Crippen molar-refractivity contribution < 1.29 is 47.5 Å². The summed E-state index contributed by atoms with van der Waals surface area (Å²) in [6, 6.07) is 10.4. The molecule has 0 aliphatic carbocycles. The lowest BCUT2D eigenvalue weighted by Crippen LogP contribution is -2.38. The minimum absolute atomic E-state index is 0.0463. The largest absolute Gasteiger partial charge is 0.493 e. The van der Waals surface area contributed by atoms with Crippen molar-refractivity contribution in [2.75, 3.05) is 93.7 Å². The standard InChI is InChI=1S/C51H66N6O10/c1-9-34-19-38-27-52-43-25-47(45(61-7)23-41(43)49(58)56(38)29-34)66-31-36-21-40(65-14-12-55(33-51(3,4)5)11-13-63-17-18-64-16-15-60-6)22-37(54-36)32-67-48-26-44-42(24-46(48)62-8)50(59)57-30-35(10-2)20-39(57)28-53-44/h9-10,21-28,38-39H,11-20,29-33H2,1-8H3/b34-9+,35-10+/t38-,39?/m0/s1. The second-order valence-corrected chi connectivity index (χ2v) is 18.2. The number of amides is 2. The first-order chi connectivity index (χ1) is 32.4. The van der Waals surface area contributed by atoms with Gasteiger partial charge in [0.15, 0.2) is 23.0 Å². The smallest absolute Gasteiger partial charge is 0.257 e. The van der Waals surface area contributed by atoms with Crippen molar-refractivity contribution in [1.82, 2.24) is 19.7 Å². The molecule has 2 fully saturated rings. The number of benzene rings is 2. The van der Waals surface area contributed by atoms with Crippen molar-refractivity contribution in [1.29, 1.82) is 0 Å². The van der Waals surface area contributed by atoms with Gasteiger partial charge in [0.05, 0.1) is 93.2 Å². The average Bonchev–Trinajstić information content (AvgIpc) is 3.89. The van der Waals surface area contributed by atoms with Crippen LogP contribution >= 0.6 is 0 Å². The van der Waals surface area contributed by atoms with Gasteiger partial charge in [-0.15, -0.1) is 0 Å². The topological polar surface area (TPSA) is 155 Å². The third-order valence-corrected chi connectivity index (χ3v) is 12.0. The first-order valence-corrected chi connectivity index (χ1v) is 23.1. The molecule has 5 heterocycles. The molecule has 0 radical (unpaired) electrons. The highest BCUT2D eigenvalue weighted by Crippen LogP contribution is 2.41. The molecule has 4 aliphatic rings. The quantitative estimate of drug-likeness (QED) is 0.0728. The van der Waals surface area contributed by atoms with Crippen LogP contribution in [0.5, 0.6) is 28.7 Å². The molecule has 2 atom stereocenters. The molecule has 1 aromatic heterocycles. The van der Waals surface area contributed by atoms with Crippen LogP contribution in [0.4, 0.5) is 11.4 Å². The summed E-state index contributed by atoms with van der Waals surface area (Å²) >= 11 is 0. The molecule has 0 bridgehead atoms. The summed E-state index contributed by atoms with van der Waals surface area (Å²) in [5, 5.41) is 0. The number of fused-ring (bicyclic) bond motifs is 4. The van der Waals surface area contributed by atoms with Gasteiger partial charge in [-0.25, -0.2) is 0 Å². The lowest BCUT2D eigenvalue weighted by atomic mass is 9.96. The number of nitrogens with zero attached hydrogens (tertiary/aromatic N) is 6. The average molecular weight is 923 g/mol. The van der Waals surface area contributed by atoms with Gasteiger partial charge in [-0.05, 0) is 44.2 Å². The molecule has 2 amide bonds. The van der Waals surface area contributed by atoms with Crippen LogP contribution in [0.1, 0.15) is 79.6 Å². The number of hydrogen-bond acceptors (Lipinski definition) is 14. The SMILES string of the molecule is C/C=C1\CC2C=Nc3cc(OCc4cc(OCCN(CCOCCOCCOC)CC(C)(C)C)cc(COc5cc6c(cc5OC)C(=O)N5C/C(=C/C)C[C@H]5C=N6)n4)c(OC)cc3C(=O)N2C1. The van der Waals surface area contributed by atoms with Crippen LogP contribution in [0, 0.1) is 5.41 Å². The molecule has 67 heavy (non-hydrogen) atoms. The molecule has 0 saturated carbocycles. The maximum absolute atomic E-state index is 13.7. The van der Waals surface area contributed by atoms with E-state index in [0.717, 1.165) is 25.9 Å². The van der Waals surface area contributed by atoms with Gasteiger partial charge in [0, 0.05) is 76.5 Å². The Hall–Kier alpha value is -5.81. The molecule has 4 aliphatic heterocycles. The van der Waals surface area contributed by atoms with Crippen molar-refractivity contribution in [3.63, 3.8) is 0 Å². The predicted molar refractivity (Wildman–Crippen MR) is 256 cm³/mol. The molecule has 2 aromatic carbocycles. The van der Waals surface area contributed by atoms with Crippen molar-refractivity contribution in [3.05, 3.63) is 82.2 Å². The highest BCUT2D eigenvalue weighted by molar-refractivity contribution is 6.04. The molecule has 16 heteroatoms. The fraction of sp³-hybridized carbons (Fsp3) is 0.510. The number of ether oxygens (including phenoxy) is 8. The number of hydrogen-bond donors (Lipinski definition) is 0. The maximum atomic E-state index is 13.7. The molecule has 7 rings (SSSR count). The van der Waals surface area contributed by atoms with Gasteiger partial charge in [0.1, 0.15) is 25.6 Å². The number of carbonyl (C=O) groups excluding carboxylic acids is 2. The summed E-state index contributed by atoms with van der Waals surface area (Å²) in [5.41, 5.74) is 5.56. The molecule has 0 spiro atoms. The first kappa shape index (κ1) is 49.1. The molecule has 1 unspecified atom stereocenters. The van der Waals surface area contributed by atoms with Gasteiger partial charge >= 0.3 is 0 Å². The van der Waals surface area contributed by atoms with Gasteiger partial charge in [-0.2, -0.15) is 0 Å². The van der Waals surface area contributed by atoms with Crippen LogP contribution in [0.3, 0.4) is 0 Å². The Morgan fingerprint density at radius 1 is 0.642 bits per heavy atom. The number of rotatable bonds is 22. The molecule has 16 nitrogen and oxygen atoms in total. The van der Waals surface area contributed by atoms with Crippen LogP contribution in [-0.4, -0.2) is 150 Å². The molecular formula is C51H66N6O10. The summed E-state index contributed by atoms with van der Waals surface area (Å²) in [7, 11) is 4.75. The number of allylic oxidation sites excluding steroid dienone is 2. The first-order valence-electron chi connectivity index (χ1n) is 23.1. The predicted octanol–water partition coefficient (Wildman–Crippen LogP) is 7.42. The van der Waals surface area contributed by atoms with Gasteiger partial charge in [0.2, 0.25) is 0 Å². The van der Waals surface area contributed by atoms with Crippen LogP contribution in [0.25, 0.3) is 0 Å². The monoisotopic (exact) mass is 922 g/mol. The van der Waals surface area contributed by atoms with Crippen LogP contribution < -0.4 is 23.7 Å². The zero-order chi connectivity index (χ0) is 47.5. The number of carbonyl (C=O) groups is 2. The zero-order valence-electron chi connectivity index (χ0n) is 40.3. The van der Waals surface area contributed by atoms with E-state index in [9.17, 15) is 9.59 Å². The summed E-state index contributed by atoms with van der Waals surface area (Å²) in [4.78, 5) is 47.9. The maximum Gasteiger partial charge on any atom is 0.257 e. The lowest BCUT2D eigenvalue weighted by molar-refractivity contribution is 0.0166. The highest BCUT2D eigenvalue weighted by Gasteiger charge is 2.36. The third-order valence-electron chi connectivity index (χ3n) is 12.0. The lowest BCUT2D eigenvalue weighted by Gasteiger charge is -2.29. The fourth-order valence-electron chi connectivity index (χ4n) is 8.57. The highest BCUT2D eigenvalue weighted by atomic mass is 16.5. The van der Waals surface area contributed by atoms with E-state index in [2.05, 4.69) is 37.8 Å². The zero-order valence-corrected chi connectivity index (χ0v) is 40.3. The van der Waals surface area contributed by atoms with Crippen LogP contribution in [0.2, 0.25) is 0 Å². The summed E-state index contributed by atoms with van der Waals surface area (Å²) < 4.78 is 47.3. The van der Waals surface area contributed by atoms with E-state index in [0.29, 0.717) is 122 Å². The minimum Gasteiger partial charge on any atom is -0.493 e. The Bertz CT molecular complexity index is 2220. The summed E-state index contributed by atoms with van der Waals surface area (Å²) in [5.74, 6) is 2.04. The van der Waals surface area contributed by atoms with E-state index in [1.165, 1.54) is 11.1 Å². The summed E-state index contributed by atoms with van der Waals surface area (Å²) in [6.45, 7) is 17.2. The Morgan fingerprint density at radius 2 is 1.13 bits per heavy atom. The Labute approximate surface area is 394 Å². The molecular weight excluding hydrogens is 857 g/mol. The molecule has 0 N–H and O–H groups in total. The van der Waals surface area contributed by atoms with E-state index < -0.39 is 0 Å². The Balaban J connectivity index is 1.09. The second-order valence-electron chi connectivity index (χ2n) is 18.2. The summed E-state index contributed by atoms with van der Waals surface area (Å²) in [6.07, 6.45) is 9.33. The molecule has 2 saturated heterocycles. The number of methoxy groups -OCH3 is 3. The van der Waals surface area contributed by atoms with Crippen molar-refractivity contribution >= 4 is 35.6 Å². The minimum atomic E-state index is -0.107. The van der Waals surface area contributed by atoms with Gasteiger partial charge in [0.25, 0.3) is 11.8 Å². The van der Waals surface area contributed by atoms with E-state index in [1.54, 1.807) is 45.6 Å². The van der Waals surface area contributed by atoms with Crippen LogP contribution in [0.15, 0.2) is 69.7 Å². The van der Waals surface area contributed by atoms with Gasteiger partial charge in [-0.1, -0.05) is 44.1 Å². The van der Waals surface area contributed by atoms with E-state index in [4.69, 9.17) is 52.9 Å². The fourth-order valence-corrected chi connectivity index (χ4v) is 8.57. The van der Waals surface area contributed by atoms with Gasteiger partial charge in [-0.3, -0.25) is 29.5 Å². The molecule has 3 aromatic rings. The molecule has 360 valence electrons. The van der Waals surface area contributed by atoms with E-state index >= 15 is 0 Å². The third kappa shape index (κ3) is 12.6.